The molecule has 3 aromatic carbocycles. The maximum absolute atomic E-state index is 6.33. The van der Waals surface area contributed by atoms with E-state index in [0.717, 1.165) is 55.5 Å². The lowest BCUT2D eigenvalue weighted by Gasteiger charge is -2.36. The van der Waals surface area contributed by atoms with Gasteiger partial charge in [-0.05, 0) is 72.5 Å². The predicted octanol–water partition coefficient (Wildman–Crippen LogP) is 8.10. The third-order valence-corrected chi connectivity index (χ3v) is 8.09. The number of anilines is 1. The van der Waals surface area contributed by atoms with Crippen LogP contribution in [0.2, 0.25) is 15.1 Å². The van der Waals surface area contributed by atoms with Crippen LogP contribution in [0, 0.1) is 13.8 Å². The second kappa shape index (κ2) is 10.9. The quantitative estimate of drug-likeness (QED) is 0.246. The van der Waals surface area contributed by atoms with Crippen LogP contribution in [0.25, 0.3) is 11.3 Å². The first-order chi connectivity index (χ1) is 17.4. The monoisotopic (exact) mass is 537 g/mol. The van der Waals surface area contributed by atoms with E-state index in [0.29, 0.717) is 10.0 Å². The first-order valence-electron chi connectivity index (χ1n) is 12.3. The van der Waals surface area contributed by atoms with Crippen LogP contribution in [0.3, 0.4) is 0 Å². The predicted molar refractivity (Wildman–Crippen MR) is 154 cm³/mol. The van der Waals surface area contributed by atoms with E-state index in [1.807, 2.05) is 18.2 Å². The van der Waals surface area contributed by atoms with Gasteiger partial charge in [-0.3, -0.25) is 4.90 Å². The fourth-order valence-electron chi connectivity index (χ4n) is 4.83. The zero-order valence-corrected chi connectivity index (χ0v) is 22.9. The Morgan fingerprint density at radius 1 is 0.667 bits per heavy atom. The van der Waals surface area contributed by atoms with E-state index in [9.17, 15) is 0 Å². The molecule has 2 heterocycles. The standard InChI is InChI=1S/C30H30Cl3N3/c1-21-3-5-23(6-4-21)19-36-20-24(16-30(36)25-7-9-27(31)22(2)15-25)18-34-11-13-35(14-12-34)26-8-10-28(32)29(33)17-26/h3-10,15-17,20H,11-14,18-19H2,1-2H3. The number of rotatable bonds is 6. The van der Waals surface area contributed by atoms with Gasteiger partial charge in [-0.2, -0.15) is 0 Å². The maximum Gasteiger partial charge on any atom is 0.0612 e. The molecule has 1 aliphatic rings. The number of halogens is 3. The molecule has 1 aliphatic heterocycles. The molecule has 3 nitrogen and oxygen atoms in total. The van der Waals surface area contributed by atoms with Crippen LogP contribution in [0.1, 0.15) is 22.3 Å². The summed E-state index contributed by atoms with van der Waals surface area (Å²) in [4.78, 5) is 4.90. The molecule has 0 radical (unpaired) electrons. The van der Waals surface area contributed by atoms with Crippen molar-refractivity contribution < 1.29 is 0 Å². The van der Waals surface area contributed by atoms with E-state index < -0.39 is 0 Å². The molecule has 0 bridgehead atoms. The number of benzene rings is 3. The highest BCUT2D eigenvalue weighted by Gasteiger charge is 2.19. The number of hydrogen-bond acceptors (Lipinski definition) is 2. The van der Waals surface area contributed by atoms with E-state index in [4.69, 9.17) is 34.8 Å². The van der Waals surface area contributed by atoms with E-state index in [2.05, 4.69) is 82.9 Å². The molecule has 186 valence electrons. The molecule has 1 saturated heterocycles. The van der Waals surface area contributed by atoms with Crippen LogP contribution in [0.15, 0.2) is 72.9 Å². The summed E-state index contributed by atoms with van der Waals surface area (Å²) in [6.07, 6.45) is 2.31. The summed E-state index contributed by atoms with van der Waals surface area (Å²) in [6, 6.07) is 23.3. The molecular weight excluding hydrogens is 509 g/mol. The van der Waals surface area contributed by atoms with E-state index in [1.54, 1.807) is 0 Å². The maximum atomic E-state index is 6.33. The summed E-state index contributed by atoms with van der Waals surface area (Å²) in [7, 11) is 0. The summed E-state index contributed by atoms with van der Waals surface area (Å²) in [6.45, 7) is 9.88. The minimum Gasteiger partial charge on any atom is -0.369 e. The minimum absolute atomic E-state index is 0.598. The van der Waals surface area contributed by atoms with Crippen molar-refractivity contribution >= 4 is 40.5 Å². The van der Waals surface area contributed by atoms with Gasteiger partial charge in [0.1, 0.15) is 0 Å². The van der Waals surface area contributed by atoms with Gasteiger partial charge >= 0.3 is 0 Å². The molecule has 0 N–H and O–H groups in total. The van der Waals surface area contributed by atoms with Gasteiger partial charge in [0, 0.05) is 61.9 Å². The van der Waals surface area contributed by atoms with Gasteiger partial charge in [0.05, 0.1) is 10.0 Å². The van der Waals surface area contributed by atoms with Crippen molar-refractivity contribution in [3.05, 3.63) is 110 Å². The highest BCUT2D eigenvalue weighted by Crippen LogP contribution is 2.30. The van der Waals surface area contributed by atoms with Gasteiger partial charge in [-0.25, -0.2) is 0 Å². The van der Waals surface area contributed by atoms with Crippen LogP contribution in [-0.4, -0.2) is 35.6 Å². The van der Waals surface area contributed by atoms with Gasteiger partial charge in [-0.15, -0.1) is 0 Å². The normalized spacial score (nSPS) is 14.4. The molecule has 4 aromatic rings. The van der Waals surface area contributed by atoms with Crippen molar-refractivity contribution in [2.45, 2.75) is 26.9 Å². The molecule has 0 aliphatic carbocycles. The fraction of sp³-hybridized carbons (Fsp3) is 0.267. The van der Waals surface area contributed by atoms with E-state index in [1.165, 1.54) is 27.9 Å². The van der Waals surface area contributed by atoms with Crippen molar-refractivity contribution in [2.24, 2.45) is 0 Å². The average molecular weight is 539 g/mol. The second-order valence-electron chi connectivity index (χ2n) is 9.67. The largest absolute Gasteiger partial charge is 0.369 e. The molecule has 1 aromatic heterocycles. The second-order valence-corrected chi connectivity index (χ2v) is 10.9. The zero-order valence-electron chi connectivity index (χ0n) is 20.6. The molecule has 0 saturated carbocycles. The van der Waals surface area contributed by atoms with Gasteiger partial charge in [0.25, 0.3) is 0 Å². The molecule has 36 heavy (non-hydrogen) atoms. The van der Waals surface area contributed by atoms with E-state index in [-0.39, 0.29) is 0 Å². The number of hydrogen-bond donors (Lipinski definition) is 0. The van der Waals surface area contributed by atoms with Crippen LogP contribution >= 0.6 is 34.8 Å². The molecule has 0 atom stereocenters. The third-order valence-electron chi connectivity index (χ3n) is 6.93. The average Bonchev–Trinajstić information content (AvgIpc) is 3.26. The van der Waals surface area contributed by atoms with Gasteiger partial charge in [0.15, 0.2) is 0 Å². The van der Waals surface area contributed by atoms with Gasteiger partial charge < -0.3 is 9.47 Å². The Kier molecular flexibility index (Phi) is 7.64. The smallest absolute Gasteiger partial charge is 0.0612 e. The number of piperazine rings is 1. The van der Waals surface area contributed by atoms with Crippen molar-refractivity contribution in [1.82, 2.24) is 9.47 Å². The Labute approximate surface area is 228 Å². The topological polar surface area (TPSA) is 11.4 Å². The molecule has 1 fully saturated rings. The van der Waals surface area contributed by atoms with Crippen LogP contribution in [-0.2, 0) is 13.1 Å². The van der Waals surface area contributed by atoms with Gasteiger partial charge in [-0.1, -0.05) is 70.7 Å². The third kappa shape index (κ3) is 5.76. The van der Waals surface area contributed by atoms with Crippen molar-refractivity contribution in [3.8, 4) is 11.3 Å². The molecule has 0 amide bonds. The van der Waals surface area contributed by atoms with Crippen LogP contribution < -0.4 is 4.90 Å². The highest BCUT2D eigenvalue weighted by molar-refractivity contribution is 6.42. The minimum atomic E-state index is 0.598. The number of nitrogens with zero attached hydrogens (tertiary/aromatic N) is 3. The summed E-state index contributed by atoms with van der Waals surface area (Å²) in [5.74, 6) is 0. The van der Waals surface area contributed by atoms with Crippen LogP contribution in [0.5, 0.6) is 0 Å². The van der Waals surface area contributed by atoms with Crippen molar-refractivity contribution in [1.29, 1.82) is 0 Å². The molecule has 0 unspecified atom stereocenters. The number of aryl methyl sites for hydroxylation is 2. The first-order valence-corrected chi connectivity index (χ1v) is 13.4. The Morgan fingerprint density at radius 2 is 1.39 bits per heavy atom. The Bertz CT molecular complexity index is 1350. The lowest BCUT2D eigenvalue weighted by Crippen LogP contribution is -2.45. The lowest BCUT2D eigenvalue weighted by molar-refractivity contribution is 0.250. The number of aromatic nitrogens is 1. The molecule has 6 heteroatoms. The van der Waals surface area contributed by atoms with Crippen molar-refractivity contribution in [3.63, 3.8) is 0 Å². The Morgan fingerprint density at radius 3 is 2.08 bits per heavy atom. The highest BCUT2D eigenvalue weighted by atomic mass is 35.5. The SMILES string of the molecule is Cc1ccc(Cn2cc(CN3CCN(c4ccc(Cl)c(Cl)c4)CC3)cc2-c2ccc(Cl)c(C)c2)cc1. The molecule has 5 rings (SSSR count). The lowest BCUT2D eigenvalue weighted by atomic mass is 10.1. The Balaban J connectivity index is 1.34. The Hall–Kier alpha value is -2.43. The molecular formula is C30H30Cl3N3. The van der Waals surface area contributed by atoms with Crippen molar-refractivity contribution in [2.75, 3.05) is 31.1 Å². The first kappa shape index (κ1) is 25.2. The fourth-order valence-corrected chi connectivity index (χ4v) is 5.24. The van der Waals surface area contributed by atoms with Gasteiger partial charge in [0.2, 0.25) is 0 Å². The summed E-state index contributed by atoms with van der Waals surface area (Å²) < 4.78 is 2.37. The summed E-state index contributed by atoms with van der Waals surface area (Å²) in [5, 5.41) is 2.01. The van der Waals surface area contributed by atoms with E-state index >= 15 is 0 Å². The molecule has 0 spiro atoms. The summed E-state index contributed by atoms with van der Waals surface area (Å²) >= 11 is 18.7. The van der Waals surface area contributed by atoms with Crippen LogP contribution in [0.4, 0.5) is 5.69 Å². The zero-order chi connectivity index (χ0) is 25.2. The summed E-state index contributed by atoms with van der Waals surface area (Å²) in [5.41, 5.74) is 8.54.